The summed E-state index contributed by atoms with van der Waals surface area (Å²) in [6.45, 7) is 2.61. The van der Waals surface area contributed by atoms with E-state index in [4.69, 9.17) is 10.7 Å². The van der Waals surface area contributed by atoms with E-state index in [0.717, 1.165) is 44.7 Å². The van der Waals surface area contributed by atoms with Gasteiger partial charge in [-0.3, -0.25) is 10.1 Å². The molecule has 2 aliphatic heterocycles. The molecule has 0 aliphatic carbocycles. The van der Waals surface area contributed by atoms with Gasteiger partial charge in [-0.05, 0) is 44.2 Å². The number of hydrogen-bond acceptors (Lipinski definition) is 5. The topological polar surface area (TPSA) is 90.2 Å². The van der Waals surface area contributed by atoms with E-state index in [0.29, 0.717) is 17.3 Å². The van der Waals surface area contributed by atoms with Gasteiger partial charge in [-0.2, -0.15) is 0 Å². The van der Waals surface area contributed by atoms with Gasteiger partial charge < -0.3 is 15.2 Å². The molecule has 132 valence electrons. The lowest BCUT2D eigenvalue weighted by molar-refractivity contribution is -0.384. The second kappa shape index (κ2) is 6.38. The van der Waals surface area contributed by atoms with E-state index in [1.807, 2.05) is 6.20 Å². The summed E-state index contributed by atoms with van der Waals surface area (Å²) in [6, 6.07) is 4.82. The van der Waals surface area contributed by atoms with Crippen molar-refractivity contribution in [2.45, 2.75) is 44.6 Å². The van der Waals surface area contributed by atoms with Crippen molar-refractivity contribution in [1.29, 1.82) is 0 Å². The van der Waals surface area contributed by atoms with E-state index in [2.05, 4.69) is 9.47 Å². The van der Waals surface area contributed by atoms with Crippen LogP contribution in [0.4, 0.5) is 17.1 Å². The zero-order valence-electron chi connectivity index (χ0n) is 14.2. The van der Waals surface area contributed by atoms with Gasteiger partial charge in [-0.25, -0.2) is 4.98 Å². The van der Waals surface area contributed by atoms with Gasteiger partial charge in [0.25, 0.3) is 5.69 Å². The maximum Gasteiger partial charge on any atom is 0.292 e. The summed E-state index contributed by atoms with van der Waals surface area (Å²) >= 11 is 0. The Hall–Kier alpha value is -2.57. The molecule has 1 saturated heterocycles. The third kappa shape index (κ3) is 2.94. The molecule has 1 unspecified atom stereocenters. The summed E-state index contributed by atoms with van der Waals surface area (Å²) < 4.78 is 2.37. The highest BCUT2D eigenvalue weighted by atomic mass is 16.6. The first kappa shape index (κ1) is 15.9. The molecule has 2 aliphatic rings. The quantitative estimate of drug-likeness (QED) is 0.526. The monoisotopic (exact) mass is 341 g/mol. The average molecular weight is 341 g/mol. The van der Waals surface area contributed by atoms with E-state index in [9.17, 15) is 10.1 Å². The van der Waals surface area contributed by atoms with Gasteiger partial charge in [0.1, 0.15) is 11.5 Å². The number of nitrogen functional groups attached to an aromatic ring is 1. The summed E-state index contributed by atoms with van der Waals surface area (Å²) in [4.78, 5) is 17.9. The third-order valence-electron chi connectivity index (χ3n) is 5.36. The number of anilines is 2. The Morgan fingerprint density at radius 2 is 2.12 bits per heavy atom. The number of aromatic nitrogens is 2. The van der Waals surface area contributed by atoms with Gasteiger partial charge in [-0.1, -0.05) is 0 Å². The summed E-state index contributed by atoms with van der Waals surface area (Å²) in [7, 11) is 0. The lowest BCUT2D eigenvalue weighted by atomic mass is 9.96. The number of nitrogens with two attached hydrogens (primary N) is 1. The maximum atomic E-state index is 11.4. The Morgan fingerprint density at radius 1 is 1.24 bits per heavy atom. The molecule has 2 N–H and O–H groups in total. The Bertz CT molecular complexity index is 801. The van der Waals surface area contributed by atoms with Crippen LogP contribution in [0, 0.1) is 10.1 Å². The second-order valence-electron chi connectivity index (χ2n) is 7.01. The van der Waals surface area contributed by atoms with E-state index >= 15 is 0 Å². The van der Waals surface area contributed by atoms with Crippen LogP contribution in [0.25, 0.3) is 0 Å². The van der Waals surface area contributed by atoms with E-state index in [1.165, 1.54) is 24.6 Å². The minimum atomic E-state index is -0.324. The number of aryl methyl sites for hydroxylation is 1. The molecule has 0 bridgehead atoms. The molecule has 1 atom stereocenters. The average Bonchev–Trinajstić information content (AvgIpc) is 3.05. The maximum absolute atomic E-state index is 11.4. The molecule has 1 fully saturated rings. The van der Waals surface area contributed by atoms with Crippen LogP contribution in [-0.2, 0) is 13.0 Å². The van der Waals surface area contributed by atoms with E-state index in [-0.39, 0.29) is 10.6 Å². The van der Waals surface area contributed by atoms with Gasteiger partial charge in [0, 0.05) is 49.2 Å². The van der Waals surface area contributed by atoms with Crippen LogP contribution in [0.3, 0.4) is 0 Å². The molecule has 7 nitrogen and oxygen atoms in total. The van der Waals surface area contributed by atoms with Crippen LogP contribution in [0.1, 0.15) is 43.1 Å². The smallest absolute Gasteiger partial charge is 0.292 e. The van der Waals surface area contributed by atoms with Crippen molar-refractivity contribution in [3.8, 4) is 0 Å². The number of imidazole rings is 1. The normalized spacial score (nSPS) is 20.3. The molecule has 0 radical (unpaired) electrons. The van der Waals surface area contributed by atoms with Crippen LogP contribution in [-0.4, -0.2) is 27.6 Å². The third-order valence-corrected chi connectivity index (χ3v) is 5.36. The van der Waals surface area contributed by atoms with Crippen molar-refractivity contribution in [2.75, 3.05) is 23.7 Å². The van der Waals surface area contributed by atoms with Crippen molar-refractivity contribution in [1.82, 2.24) is 9.55 Å². The van der Waals surface area contributed by atoms with Crippen LogP contribution >= 0.6 is 0 Å². The van der Waals surface area contributed by atoms with Gasteiger partial charge in [0.2, 0.25) is 0 Å². The highest BCUT2D eigenvalue weighted by Gasteiger charge is 2.29. The Balaban J connectivity index is 1.63. The summed E-state index contributed by atoms with van der Waals surface area (Å²) in [5, 5.41) is 11.4. The standard InChI is InChI=1S/C18H23N5O2/c19-14-6-7-16(23(24)25)17(10-14)21-8-3-4-13(12-21)18-20-11-15-5-1-2-9-22(15)18/h6-7,10-11,13H,1-5,8-9,12,19H2. The molecule has 1 aromatic carbocycles. The van der Waals surface area contributed by atoms with Crippen LogP contribution in [0.5, 0.6) is 0 Å². The van der Waals surface area contributed by atoms with Gasteiger partial charge in [0.15, 0.2) is 0 Å². The lowest BCUT2D eigenvalue weighted by Gasteiger charge is -2.34. The molecule has 0 amide bonds. The van der Waals surface area contributed by atoms with Gasteiger partial charge in [-0.15, -0.1) is 0 Å². The largest absolute Gasteiger partial charge is 0.399 e. The fourth-order valence-corrected chi connectivity index (χ4v) is 4.14. The Morgan fingerprint density at radius 3 is 2.96 bits per heavy atom. The van der Waals surface area contributed by atoms with Crippen LogP contribution < -0.4 is 10.6 Å². The molecule has 0 spiro atoms. The highest BCUT2D eigenvalue weighted by molar-refractivity contribution is 5.69. The SMILES string of the molecule is Nc1ccc([N+](=O)[O-])c(N2CCCC(c3ncc4n3CCCC4)C2)c1. The van der Waals surface area contributed by atoms with E-state index < -0.39 is 0 Å². The predicted octanol–water partition coefficient (Wildman–Crippen LogP) is 3.09. The predicted molar refractivity (Wildman–Crippen MR) is 96.9 cm³/mol. The molecule has 0 saturated carbocycles. The summed E-state index contributed by atoms with van der Waals surface area (Å²) in [5.41, 5.74) is 8.52. The van der Waals surface area contributed by atoms with Crippen molar-refractivity contribution in [2.24, 2.45) is 0 Å². The van der Waals surface area contributed by atoms with Gasteiger partial charge >= 0.3 is 0 Å². The van der Waals surface area contributed by atoms with Crippen molar-refractivity contribution < 1.29 is 4.92 Å². The van der Waals surface area contributed by atoms with Gasteiger partial charge in [0.05, 0.1) is 4.92 Å². The van der Waals surface area contributed by atoms with Crippen molar-refractivity contribution >= 4 is 17.1 Å². The first-order chi connectivity index (χ1) is 12.1. The van der Waals surface area contributed by atoms with Crippen molar-refractivity contribution in [3.63, 3.8) is 0 Å². The minimum Gasteiger partial charge on any atom is -0.399 e. The molecule has 25 heavy (non-hydrogen) atoms. The number of nitrogens with zero attached hydrogens (tertiary/aromatic N) is 4. The first-order valence-corrected chi connectivity index (χ1v) is 8.96. The molecular formula is C18H23N5O2. The first-order valence-electron chi connectivity index (χ1n) is 8.96. The number of nitro groups is 1. The number of nitro benzene ring substituents is 1. The number of piperidine rings is 1. The van der Waals surface area contributed by atoms with Crippen LogP contribution in [0.2, 0.25) is 0 Å². The number of fused-ring (bicyclic) bond motifs is 1. The lowest BCUT2D eigenvalue weighted by Crippen LogP contribution is -2.36. The fourth-order valence-electron chi connectivity index (χ4n) is 4.14. The van der Waals surface area contributed by atoms with Crippen LogP contribution in [0.15, 0.2) is 24.4 Å². The molecular weight excluding hydrogens is 318 g/mol. The van der Waals surface area contributed by atoms with Crippen molar-refractivity contribution in [3.05, 3.63) is 46.0 Å². The fraction of sp³-hybridized carbons (Fsp3) is 0.500. The second-order valence-corrected chi connectivity index (χ2v) is 7.01. The molecule has 1 aromatic heterocycles. The summed E-state index contributed by atoms with van der Waals surface area (Å²) in [6.07, 6.45) is 7.62. The number of benzene rings is 1. The summed E-state index contributed by atoms with van der Waals surface area (Å²) in [5.74, 6) is 1.45. The number of rotatable bonds is 3. The van der Waals surface area contributed by atoms with E-state index in [1.54, 1.807) is 12.1 Å². The zero-order valence-corrected chi connectivity index (χ0v) is 14.2. The molecule has 7 heteroatoms. The zero-order chi connectivity index (χ0) is 17.4. The Labute approximate surface area is 146 Å². The molecule has 3 heterocycles. The molecule has 2 aromatic rings. The highest BCUT2D eigenvalue weighted by Crippen LogP contribution is 2.36. The number of hydrogen-bond donors (Lipinski definition) is 1. The Kier molecular flexibility index (Phi) is 4.07. The minimum absolute atomic E-state index is 0.125. The molecule has 4 rings (SSSR count).